The van der Waals surface area contributed by atoms with Crippen molar-refractivity contribution in [1.82, 2.24) is 10.2 Å². The van der Waals surface area contributed by atoms with Gasteiger partial charge in [0, 0.05) is 25.7 Å². The van der Waals surface area contributed by atoms with Gasteiger partial charge in [0.05, 0.1) is 19.3 Å². The molecule has 1 aliphatic carbocycles. The van der Waals surface area contributed by atoms with Crippen molar-refractivity contribution >= 4 is 5.96 Å². The predicted molar refractivity (Wildman–Crippen MR) is 89.2 cm³/mol. The fraction of sp³-hybridized carbons (Fsp3) is 0.588. The first-order valence-electron chi connectivity index (χ1n) is 7.92. The van der Waals surface area contributed by atoms with Crippen LogP contribution in [0.15, 0.2) is 29.3 Å². The fourth-order valence-corrected chi connectivity index (χ4v) is 2.60. The van der Waals surface area contributed by atoms with E-state index in [1.165, 1.54) is 0 Å². The van der Waals surface area contributed by atoms with Crippen molar-refractivity contribution < 1.29 is 9.84 Å². The molecule has 2 rings (SSSR count). The summed E-state index contributed by atoms with van der Waals surface area (Å²) in [4.78, 5) is 6.66. The van der Waals surface area contributed by atoms with E-state index in [-0.39, 0.29) is 0 Å². The molecule has 122 valence electrons. The lowest BCUT2D eigenvalue weighted by Crippen LogP contribution is -2.43. The number of nitrogens with zero attached hydrogens (tertiary/aromatic N) is 2. The van der Waals surface area contributed by atoms with Crippen molar-refractivity contribution in [2.24, 2.45) is 4.99 Å². The van der Waals surface area contributed by atoms with Gasteiger partial charge in [-0.2, -0.15) is 0 Å². The molecule has 1 saturated carbocycles. The molecule has 0 unspecified atom stereocenters. The lowest BCUT2D eigenvalue weighted by Gasteiger charge is -2.35. The van der Waals surface area contributed by atoms with Crippen LogP contribution < -0.4 is 10.1 Å². The number of aliphatic hydroxyl groups is 1. The van der Waals surface area contributed by atoms with Crippen molar-refractivity contribution in [3.63, 3.8) is 0 Å². The minimum Gasteiger partial charge on any atom is -0.496 e. The minimum absolute atomic E-state index is 0.464. The molecule has 0 aromatic heterocycles. The normalized spacial score (nSPS) is 16.8. The molecular formula is C17H27N3O2. The summed E-state index contributed by atoms with van der Waals surface area (Å²) >= 11 is 0. The van der Waals surface area contributed by atoms with E-state index < -0.39 is 5.60 Å². The molecule has 5 nitrogen and oxygen atoms in total. The van der Waals surface area contributed by atoms with Gasteiger partial charge in [-0.05, 0) is 32.3 Å². The second-order valence-corrected chi connectivity index (χ2v) is 5.92. The Balaban J connectivity index is 2.05. The molecule has 0 amide bonds. The Morgan fingerprint density at radius 1 is 1.41 bits per heavy atom. The number of para-hydroxylation sites is 1. The highest BCUT2D eigenvalue weighted by Crippen LogP contribution is 2.31. The summed E-state index contributed by atoms with van der Waals surface area (Å²) in [7, 11) is 3.68. The van der Waals surface area contributed by atoms with Gasteiger partial charge in [-0.3, -0.25) is 4.99 Å². The Hall–Kier alpha value is -1.75. The average Bonchev–Trinajstić information content (AvgIpc) is 2.50. The second-order valence-electron chi connectivity index (χ2n) is 5.92. The number of hydrogen-bond acceptors (Lipinski definition) is 3. The van der Waals surface area contributed by atoms with Crippen LogP contribution in [0.5, 0.6) is 5.75 Å². The van der Waals surface area contributed by atoms with E-state index in [0.717, 1.165) is 43.1 Å². The number of guanidine groups is 1. The van der Waals surface area contributed by atoms with Crippen LogP contribution in [0.25, 0.3) is 0 Å². The molecule has 1 aliphatic rings. The van der Waals surface area contributed by atoms with Crippen LogP contribution in [0.3, 0.4) is 0 Å². The summed E-state index contributed by atoms with van der Waals surface area (Å²) in [5.41, 5.74) is 0.520. The highest BCUT2D eigenvalue weighted by Gasteiger charge is 2.34. The van der Waals surface area contributed by atoms with Crippen LogP contribution in [-0.2, 0) is 6.54 Å². The Labute approximate surface area is 133 Å². The Morgan fingerprint density at radius 2 is 2.14 bits per heavy atom. The van der Waals surface area contributed by atoms with E-state index in [1.54, 1.807) is 7.11 Å². The van der Waals surface area contributed by atoms with Gasteiger partial charge < -0.3 is 20.1 Å². The first-order valence-corrected chi connectivity index (χ1v) is 7.92. The minimum atomic E-state index is -0.591. The molecule has 0 heterocycles. The monoisotopic (exact) mass is 305 g/mol. The molecule has 0 aliphatic heterocycles. The molecule has 1 fully saturated rings. The second kappa shape index (κ2) is 7.49. The summed E-state index contributed by atoms with van der Waals surface area (Å²) in [5.74, 6) is 1.69. The van der Waals surface area contributed by atoms with Gasteiger partial charge in [0.1, 0.15) is 5.75 Å². The number of methoxy groups -OCH3 is 1. The Morgan fingerprint density at radius 3 is 2.73 bits per heavy atom. The molecule has 0 bridgehead atoms. The SMILES string of the molecule is CCNC(=NCC1(O)CCC1)N(C)Cc1ccccc1OC. The maximum atomic E-state index is 10.2. The van der Waals surface area contributed by atoms with Gasteiger partial charge in [-0.25, -0.2) is 0 Å². The van der Waals surface area contributed by atoms with Crippen LogP contribution in [0.4, 0.5) is 0 Å². The first kappa shape index (κ1) is 16.6. The van der Waals surface area contributed by atoms with Gasteiger partial charge in [0.15, 0.2) is 5.96 Å². The van der Waals surface area contributed by atoms with E-state index in [4.69, 9.17) is 4.74 Å². The Kier molecular flexibility index (Phi) is 5.66. The van der Waals surface area contributed by atoms with Crippen LogP contribution >= 0.6 is 0 Å². The largest absolute Gasteiger partial charge is 0.496 e. The smallest absolute Gasteiger partial charge is 0.194 e. The van der Waals surface area contributed by atoms with E-state index in [1.807, 2.05) is 32.2 Å². The lowest BCUT2D eigenvalue weighted by atomic mass is 9.80. The maximum absolute atomic E-state index is 10.2. The van der Waals surface area contributed by atoms with Gasteiger partial charge in [0.25, 0.3) is 0 Å². The predicted octanol–water partition coefficient (Wildman–Crippen LogP) is 2.01. The van der Waals surface area contributed by atoms with Gasteiger partial charge in [-0.15, -0.1) is 0 Å². The topological polar surface area (TPSA) is 57.1 Å². The zero-order chi connectivity index (χ0) is 16.0. The van der Waals surface area contributed by atoms with E-state index in [9.17, 15) is 5.11 Å². The molecule has 0 radical (unpaired) electrons. The molecule has 22 heavy (non-hydrogen) atoms. The van der Waals surface area contributed by atoms with Crippen molar-refractivity contribution in [2.45, 2.75) is 38.3 Å². The third kappa shape index (κ3) is 4.13. The summed E-state index contributed by atoms with van der Waals surface area (Å²) in [5, 5.41) is 13.5. The number of aliphatic imine (C=N–C) groups is 1. The van der Waals surface area contributed by atoms with Gasteiger partial charge >= 0.3 is 0 Å². The quantitative estimate of drug-likeness (QED) is 0.623. The standard InChI is InChI=1S/C17H27N3O2/c1-4-18-16(19-13-17(21)10-7-11-17)20(2)12-14-8-5-6-9-15(14)22-3/h5-6,8-9,21H,4,7,10-13H2,1-3H3,(H,18,19). The van der Waals surface area contributed by atoms with Gasteiger partial charge in [0.2, 0.25) is 0 Å². The van der Waals surface area contributed by atoms with Crippen LogP contribution in [0.2, 0.25) is 0 Å². The molecule has 1 aromatic rings. The molecule has 0 spiro atoms. The van der Waals surface area contributed by atoms with Crippen LogP contribution in [0.1, 0.15) is 31.7 Å². The van der Waals surface area contributed by atoms with Crippen molar-refractivity contribution in [3.05, 3.63) is 29.8 Å². The van der Waals surface area contributed by atoms with Crippen molar-refractivity contribution in [3.8, 4) is 5.75 Å². The average molecular weight is 305 g/mol. The third-order valence-corrected chi connectivity index (χ3v) is 4.10. The zero-order valence-electron chi connectivity index (χ0n) is 13.8. The first-order chi connectivity index (χ1) is 10.6. The van der Waals surface area contributed by atoms with E-state index >= 15 is 0 Å². The molecule has 0 atom stereocenters. The molecule has 2 N–H and O–H groups in total. The summed E-state index contributed by atoms with van der Waals surface area (Å²) in [6, 6.07) is 7.99. The number of hydrogen-bond donors (Lipinski definition) is 2. The molecule has 0 saturated heterocycles. The third-order valence-electron chi connectivity index (χ3n) is 4.10. The summed E-state index contributed by atoms with van der Waals surface area (Å²) < 4.78 is 5.40. The molecule has 1 aromatic carbocycles. The number of rotatable bonds is 6. The van der Waals surface area contributed by atoms with E-state index in [2.05, 4.69) is 21.3 Å². The molecule has 5 heteroatoms. The van der Waals surface area contributed by atoms with Gasteiger partial charge in [-0.1, -0.05) is 18.2 Å². The lowest BCUT2D eigenvalue weighted by molar-refractivity contribution is -0.0237. The Bertz CT molecular complexity index is 512. The number of ether oxygens (including phenoxy) is 1. The highest BCUT2D eigenvalue weighted by molar-refractivity contribution is 5.79. The van der Waals surface area contributed by atoms with Crippen LogP contribution in [-0.4, -0.2) is 48.8 Å². The highest BCUT2D eigenvalue weighted by atomic mass is 16.5. The van der Waals surface area contributed by atoms with Crippen molar-refractivity contribution in [2.75, 3.05) is 27.2 Å². The van der Waals surface area contributed by atoms with E-state index in [0.29, 0.717) is 13.1 Å². The zero-order valence-corrected chi connectivity index (χ0v) is 13.8. The summed E-state index contributed by atoms with van der Waals surface area (Å²) in [6.07, 6.45) is 2.80. The van der Waals surface area contributed by atoms with Crippen LogP contribution in [0, 0.1) is 0 Å². The molecular weight excluding hydrogens is 278 g/mol. The van der Waals surface area contributed by atoms with Crippen molar-refractivity contribution in [1.29, 1.82) is 0 Å². The fourth-order valence-electron chi connectivity index (χ4n) is 2.60. The number of benzene rings is 1. The maximum Gasteiger partial charge on any atom is 0.194 e. The number of nitrogens with one attached hydrogen (secondary N) is 1. The summed E-state index contributed by atoms with van der Waals surface area (Å²) in [6.45, 7) is 4.01.